The van der Waals surface area contributed by atoms with Crippen LogP contribution in [0.5, 0.6) is 0 Å². The number of hydrogen-bond donors (Lipinski definition) is 3. The number of primary amides is 1. The average molecular weight is 310 g/mol. The summed E-state index contributed by atoms with van der Waals surface area (Å²) in [6, 6.07) is 0.221. The molecular formula is C10H10N6O4S. The summed E-state index contributed by atoms with van der Waals surface area (Å²) in [5.74, 6) is -2.82. The highest BCUT2D eigenvalue weighted by Gasteiger charge is 2.25. The number of thiophene rings is 1. The summed E-state index contributed by atoms with van der Waals surface area (Å²) in [5, 5.41) is 23.4. The summed E-state index contributed by atoms with van der Waals surface area (Å²) in [6.07, 6.45) is 0.809. The van der Waals surface area contributed by atoms with Crippen LogP contribution in [-0.4, -0.2) is 49.1 Å². The topological polar surface area (TPSA) is 153 Å². The number of rotatable bonds is 6. The molecule has 0 aromatic carbocycles. The van der Waals surface area contributed by atoms with Gasteiger partial charge in [-0.2, -0.15) is 4.68 Å². The summed E-state index contributed by atoms with van der Waals surface area (Å²) >= 11 is 1.09. The van der Waals surface area contributed by atoms with E-state index < -0.39 is 30.2 Å². The number of hydrogen-bond acceptors (Lipinski definition) is 7. The van der Waals surface area contributed by atoms with Crippen LogP contribution >= 0.6 is 11.3 Å². The van der Waals surface area contributed by atoms with Crippen molar-refractivity contribution in [3.63, 3.8) is 0 Å². The van der Waals surface area contributed by atoms with Gasteiger partial charge in [0.05, 0.1) is 12.1 Å². The number of tetrazole rings is 1. The predicted octanol–water partition coefficient (Wildman–Crippen LogP) is -1.22. The first kappa shape index (κ1) is 14.6. The zero-order valence-electron chi connectivity index (χ0n) is 10.5. The van der Waals surface area contributed by atoms with E-state index in [0.717, 1.165) is 11.3 Å². The fourth-order valence-electron chi connectivity index (χ4n) is 1.55. The van der Waals surface area contributed by atoms with Gasteiger partial charge in [-0.3, -0.25) is 9.59 Å². The van der Waals surface area contributed by atoms with Crippen LogP contribution in [0.4, 0.5) is 0 Å². The van der Waals surface area contributed by atoms with Gasteiger partial charge in [0.25, 0.3) is 5.91 Å². The fraction of sp³-hybridized carbons (Fsp3) is 0.200. The quantitative estimate of drug-likeness (QED) is 0.604. The Morgan fingerprint density at radius 2 is 2.24 bits per heavy atom. The van der Waals surface area contributed by atoms with Gasteiger partial charge in [-0.05, 0) is 21.9 Å². The maximum absolute atomic E-state index is 12.1. The van der Waals surface area contributed by atoms with Crippen LogP contribution in [0.2, 0.25) is 0 Å². The van der Waals surface area contributed by atoms with Gasteiger partial charge < -0.3 is 16.2 Å². The zero-order valence-corrected chi connectivity index (χ0v) is 11.3. The molecule has 0 spiro atoms. The van der Waals surface area contributed by atoms with Crippen LogP contribution in [0.25, 0.3) is 5.69 Å². The van der Waals surface area contributed by atoms with Crippen molar-refractivity contribution in [1.82, 2.24) is 25.5 Å². The lowest BCUT2D eigenvalue weighted by Crippen LogP contribution is -2.43. The second-order valence-corrected chi connectivity index (χ2v) is 4.84. The molecule has 0 aliphatic rings. The lowest BCUT2D eigenvalue weighted by molar-refractivity contribution is -0.140. The Morgan fingerprint density at radius 1 is 1.48 bits per heavy atom. The molecule has 1 atom stereocenters. The van der Waals surface area contributed by atoms with Crippen molar-refractivity contribution in [3.8, 4) is 5.69 Å². The lowest BCUT2D eigenvalue weighted by atomic mass is 10.2. The Hall–Kier alpha value is -2.82. The van der Waals surface area contributed by atoms with E-state index in [1.54, 1.807) is 11.4 Å². The fourth-order valence-corrected chi connectivity index (χ4v) is 2.33. The van der Waals surface area contributed by atoms with E-state index in [2.05, 4.69) is 20.8 Å². The molecular weight excluding hydrogens is 300 g/mol. The second-order valence-electron chi connectivity index (χ2n) is 3.92. The molecule has 2 amide bonds. The van der Waals surface area contributed by atoms with E-state index in [9.17, 15) is 14.4 Å². The number of carboxylic acid groups (broad SMARTS) is 1. The normalized spacial score (nSPS) is 11.8. The van der Waals surface area contributed by atoms with Crippen LogP contribution in [0.1, 0.15) is 16.1 Å². The molecule has 2 aromatic rings. The molecule has 1 unspecified atom stereocenters. The van der Waals surface area contributed by atoms with E-state index in [4.69, 9.17) is 10.8 Å². The third-order valence-corrected chi connectivity index (χ3v) is 3.36. The SMILES string of the molecule is NC(=O)CC(NC(=O)c1sccc1-n1cnnn1)C(=O)O. The molecule has 21 heavy (non-hydrogen) atoms. The van der Waals surface area contributed by atoms with Crippen molar-refractivity contribution in [3.05, 3.63) is 22.7 Å². The number of nitrogens with one attached hydrogen (secondary N) is 1. The van der Waals surface area contributed by atoms with E-state index in [1.807, 2.05) is 0 Å². The first-order valence-electron chi connectivity index (χ1n) is 5.62. The molecule has 0 radical (unpaired) electrons. The van der Waals surface area contributed by atoms with Gasteiger partial charge >= 0.3 is 5.97 Å². The molecule has 4 N–H and O–H groups in total. The van der Waals surface area contributed by atoms with Crippen LogP contribution in [0.15, 0.2) is 17.8 Å². The second kappa shape index (κ2) is 6.09. The largest absolute Gasteiger partial charge is 0.480 e. The minimum atomic E-state index is -1.39. The average Bonchev–Trinajstić information content (AvgIpc) is 3.07. The van der Waals surface area contributed by atoms with Gasteiger partial charge in [0.2, 0.25) is 5.91 Å². The van der Waals surface area contributed by atoms with Crippen molar-refractivity contribution in [2.75, 3.05) is 0 Å². The molecule has 2 heterocycles. The highest BCUT2D eigenvalue weighted by atomic mass is 32.1. The van der Waals surface area contributed by atoms with Gasteiger partial charge in [0.1, 0.15) is 17.2 Å². The number of nitrogens with zero attached hydrogens (tertiary/aromatic N) is 4. The molecule has 0 aliphatic heterocycles. The summed E-state index contributed by atoms with van der Waals surface area (Å²) in [4.78, 5) is 34.2. The minimum absolute atomic E-state index is 0.220. The number of carbonyl (C=O) groups is 3. The van der Waals surface area contributed by atoms with Crippen molar-refractivity contribution >= 4 is 29.1 Å². The summed E-state index contributed by atoms with van der Waals surface area (Å²) in [6.45, 7) is 0. The smallest absolute Gasteiger partial charge is 0.326 e. The molecule has 2 rings (SSSR count). The maximum Gasteiger partial charge on any atom is 0.326 e. The highest BCUT2D eigenvalue weighted by molar-refractivity contribution is 7.12. The molecule has 0 saturated carbocycles. The number of aliphatic carboxylic acids is 1. The monoisotopic (exact) mass is 310 g/mol. The van der Waals surface area contributed by atoms with Crippen LogP contribution in [0, 0.1) is 0 Å². The molecule has 10 nitrogen and oxygen atoms in total. The van der Waals surface area contributed by atoms with Gasteiger partial charge in [-0.1, -0.05) is 0 Å². The van der Waals surface area contributed by atoms with Crippen molar-refractivity contribution in [2.24, 2.45) is 5.73 Å². The first-order valence-corrected chi connectivity index (χ1v) is 6.50. The summed E-state index contributed by atoms with van der Waals surface area (Å²) in [7, 11) is 0. The minimum Gasteiger partial charge on any atom is -0.480 e. The third kappa shape index (κ3) is 3.39. The summed E-state index contributed by atoms with van der Waals surface area (Å²) < 4.78 is 1.27. The lowest BCUT2D eigenvalue weighted by Gasteiger charge is -2.12. The highest BCUT2D eigenvalue weighted by Crippen LogP contribution is 2.20. The Morgan fingerprint density at radius 3 is 2.81 bits per heavy atom. The van der Waals surface area contributed by atoms with Gasteiger partial charge in [-0.15, -0.1) is 16.4 Å². The molecule has 0 aliphatic carbocycles. The van der Waals surface area contributed by atoms with E-state index >= 15 is 0 Å². The number of aromatic nitrogens is 4. The Balaban J connectivity index is 2.19. The van der Waals surface area contributed by atoms with Gasteiger partial charge in [0.15, 0.2) is 0 Å². The van der Waals surface area contributed by atoms with Gasteiger partial charge in [-0.25, -0.2) is 4.79 Å². The molecule has 0 fully saturated rings. The Bertz CT molecular complexity index is 667. The number of carboxylic acids is 1. The first-order chi connectivity index (χ1) is 9.99. The van der Waals surface area contributed by atoms with E-state index in [1.165, 1.54) is 11.0 Å². The van der Waals surface area contributed by atoms with E-state index in [-0.39, 0.29) is 4.88 Å². The molecule has 110 valence electrons. The maximum atomic E-state index is 12.1. The van der Waals surface area contributed by atoms with Gasteiger partial charge in [0, 0.05) is 0 Å². The third-order valence-electron chi connectivity index (χ3n) is 2.46. The number of carbonyl (C=O) groups excluding carboxylic acids is 2. The molecule has 0 saturated heterocycles. The Kier molecular flexibility index (Phi) is 4.23. The van der Waals surface area contributed by atoms with Crippen LogP contribution in [0.3, 0.4) is 0 Å². The zero-order chi connectivity index (χ0) is 15.4. The molecule has 0 bridgehead atoms. The molecule has 2 aromatic heterocycles. The van der Waals surface area contributed by atoms with Crippen molar-refractivity contribution in [1.29, 1.82) is 0 Å². The number of amides is 2. The molecule has 11 heteroatoms. The van der Waals surface area contributed by atoms with Crippen molar-refractivity contribution in [2.45, 2.75) is 12.5 Å². The van der Waals surface area contributed by atoms with Crippen LogP contribution < -0.4 is 11.1 Å². The predicted molar refractivity (Wildman–Crippen MR) is 69.7 cm³/mol. The standard InChI is InChI=1S/C10H10N6O4S/c11-7(17)3-5(10(19)20)13-9(18)8-6(1-2-21-8)16-4-12-14-15-16/h1-2,4-5H,3H2,(H2,11,17)(H,13,18)(H,19,20). The van der Waals surface area contributed by atoms with Crippen LogP contribution in [-0.2, 0) is 9.59 Å². The Labute approximate surface area is 121 Å². The van der Waals surface area contributed by atoms with E-state index in [0.29, 0.717) is 5.69 Å². The number of nitrogens with two attached hydrogens (primary N) is 1. The van der Waals surface area contributed by atoms with Crippen molar-refractivity contribution < 1.29 is 19.5 Å². The summed E-state index contributed by atoms with van der Waals surface area (Å²) in [5.41, 5.74) is 5.36.